The van der Waals surface area contributed by atoms with Crippen molar-refractivity contribution in [2.45, 2.75) is 33.3 Å². The van der Waals surface area contributed by atoms with Gasteiger partial charge in [-0.3, -0.25) is 0 Å². The van der Waals surface area contributed by atoms with Crippen LogP contribution in [0.5, 0.6) is 0 Å². The lowest BCUT2D eigenvalue weighted by Gasteiger charge is -2.28. The van der Waals surface area contributed by atoms with E-state index in [0.29, 0.717) is 5.92 Å². The first kappa shape index (κ1) is 8.98. The Morgan fingerprint density at radius 2 is 1.89 bits per heavy atom. The van der Waals surface area contributed by atoms with Crippen molar-refractivity contribution < 1.29 is 9.68 Å². The smallest absolute Gasteiger partial charge is 0.429 e. The molecule has 0 spiro atoms. The summed E-state index contributed by atoms with van der Waals surface area (Å²) in [5, 5.41) is 8.30. The maximum absolute atomic E-state index is 8.30. The first-order chi connectivity index (χ1) is 4.00. The minimum Gasteiger partial charge on any atom is -0.429 e. The molecule has 0 aromatic heterocycles. The van der Waals surface area contributed by atoms with Crippen molar-refractivity contribution in [2.24, 2.45) is 5.92 Å². The summed E-state index contributed by atoms with van der Waals surface area (Å²) in [6.45, 7) is 7.96. The second-order valence-corrected chi connectivity index (χ2v) is 2.98. The summed E-state index contributed by atoms with van der Waals surface area (Å²) < 4.78 is 4.92. The summed E-state index contributed by atoms with van der Waals surface area (Å²) in [6.07, 6.45) is 0. The first-order valence-corrected chi connectivity index (χ1v) is 3.14. The second kappa shape index (κ2) is 3.23. The molecule has 0 bridgehead atoms. The number of rotatable bonds is 3. The zero-order chi connectivity index (χ0) is 7.49. The van der Waals surface area contributed by atoms with Gasteiger partial charge in [0.1, 0.15) is 0 Å². The molecule has 0 unspecified atom stereocenters. The van der Waals surface area contributed by atoms with Gasteiger partial charge in [0.15, 0.2) is 0 Å². The largest absolute Gasteiger partial charge is 0.485 e. The Kier molecular flexibility index (Phi) is 3.22. The van der Waals surface area contributed by atoms with Crippen LogP contribution < -0.4 is 0 Å². The topological polar surface area (TPSA) is 29.5 Å². The molecule has 1 radical (unpaired) electrons. The van der Waals surface area contributed by atoms with Gasteiger partial charge in [0.2, 0.25) is 0 Å². The van der Waals surface area contributed by atoms with E-state index in [-0.39, 0.29) is 5.60 Å². The van der Waals surface area contributed by atoms with E-state index in [4.69, 9.17) is 9.68 Å². The quantitative estimate of drug-likeness (QED) is 0.575. The molecular formula is C6H14BO2. The summed E-state index contributed by atoms with van der Waals surface area (Å²) in [5.41, 5.74) is -0.255. The van der Waals surface area contributed by atoms with Crippen LogP contribution in [0, 0.1) is 5.92 Å². The van der Waals surface area contributed by atoms with Crippen LogP contribution in [-0.2, 0) is 4.65 Å². The molecule has 0 aliphatic carbocycles. The number of hydrogen-bond donors (Lipinski definition) is 1. The monoisotopic (exact) mass is 129 g/mol. The lowest BCUT2D eigenvalue weighted by Crippen LogP contribution is -2.32. The van der Waals surface area contributed by atoms with Crippen LogP contribution in [0.4, 0.5) is 0 Å². The molecule has 0 aliphatic heterocycles. The molecule has 0 aromatic rings. The third-order valence-electron chi connectivity index (χ3n) is 1.75. The standard InChI is InChI=1S/C6H14BO2/c1-5(2)6(3,4)9-7-8/h5,8H,1-4H3. The van der Waals surface area contributed by atoms with E-state index in [9.17, 15) is 0 Å². The summed E-state index contributed by atoms with van der Waals surface area (Å²) in [7, 11) is 0.750. The molecule has 3 heteroatoms. The van der Waals surface area contributed by atoms with Gasteiger partial charge in [-0.15, -0.1) is 0 Å². The highest BCUT2D eigenvalue weighted by atomic mass is 16.5. The van der Waals surface area contributed by atoms with Crippen LogP contribution in [-0.4, -0.2) is 18.3 Å². The molecule has 9 heavy (non-hydrogen) atoms. The summed E-state index contributed by atoms with van der Waals surface area (Å²) >= 11 is 0. The Morgan fingerprint density at radius 3 is 2.00 bits per heavy atom. The highest BCUT2D eigenvalue weighted by Gasteiger charge is 2.22. The van der Waals surface area contributed by atoms with E-state index < -0.39 is 0 Å². The first-order valence-electron chi connectivity index (χ1n) is 3.14. The maximum atomic E-state index is 8.30. The van der Waals surface area contributed by atoms with Crippen LogP contribution >= 0.6 is 0 Å². The van der Waals surface area contributed by atoms with Gasteiger partial charge in [-0.1, -0.05) is 13.8 Å². The van der Waals surface area contributed by atoms with Crippen molar-refractivity contribution >= 4 is 7.69 Å². The summed E-state index contributed by atoms with van der Waals surface area (Å²) in [6, 6.07) is 0. The Labute approximate surface area is 57.5 Å². The van der Waals surface area contributed by atoms with Crippen molar-refractivity contribution in [1.82, 2.24) is 0 Å². The molecule has 0 rings (SSSR count). The second-order valence-electron chi connectivity index (χ2n) is 2.98. The molecule has 0 heterocycles. The molecule has 0 amide bonds. The van der Waals surface area contributed by atoms with Gasteiger partial charge in [0, 0.05) is 0 Å². The summed E-state index contributed by atoms with van der Waals surface area (Å²) in [4.78, 5) is 0. The lowest BCUT2D eigenvalue weighted by atomic mass is 9.94. The lowest BCUT2D eigenvalue weighted by molar-refractivity contribution is 0.0488. The van der Waals surface area contributed by atoms with Crippen LogP contribution in [0.15, 0.2) is 0 Å². The normalized spacial score (nSPS) is 12.2. The van der Waals surface area contributed by atoms with Gasteiger partial charge >= 0.3 is 7.69 Å². The maximum Gasteiger partial charge on any atom is 0.485 e. The van der Waals surface area contributed by atoms with E-state index in [1.54, 1.807) is 0 Å². The molecule has 2 nitrogen and oxygen atoms in total. The van der Waals surface area contributed by atoms with Crippen LogP contribution in [0.2, 0.25) is 0 Å². The molecule has 0 fully saturated rings. The van der Waals surface area contributed by atoms with Gasteiger partial charge in [-0.25, -0.2) is 0 Å². The molecule has 0 atom stereocenters. The average molecular weight is 129 g/mol. The van der Waals surface area contributed by atoms with Crippen molar-refractivity contribution in [1.29, 1.82) is 0 Å². The third-order valence-corrected chi connectivity index (χ3v) is 1.75. The summed E-state index contributed by atoms with van der Waals surface area (Å²) in [5.74, 6) is 0.404. The van der Waals surface area contributed by atoms with Crippen LogP contribution in [0.25, 0.3) is 0 Å². The van der Waals surface area contributed by atoms with Crippen molar-refractivity contribution in [3.8, 4) is 0 Å². The zero-order valence-corrected chi connectivity index (χ0v) is 6.51. The minimum absolute atomic E-state index is 0.255. The van der Waals surface area contributed by atoms with Crippen LogP contribution in [0.1, 0.15) is 27.7 Å². The van der Waals surface area contributed by atoms with E-state index in [1.807, 2.05) is 27.7 Å². The predicted molar refractivity (Wildman–Crippen MR) is 38.0 cm³/mol. The Bertz CT molecular complexity index is 81.1. The average Bonchev–Trinajstić information content (AvgIpc) is 1.65. The van der Waals surface area contributed by atoms with Gasteiger partial charge in [0.25, 0.3) is 0 Å². The number of hydrogen-bond acceptors (Lipinski definition) is 2. The molecule has 1 N–H and O–H groups in total. The van der Waals surface area contributed by atoms with Crippen molar-refractivity contribution in [3.63, 3.8) is 0 Å². The fourth-order valence-electron chi connectivity index (χ4n) is 0.272. The van der Waals surface area contributed by atoms with Gasteiger partial charge < -0.3 is 9.68 Å². The molecule has 0 aromatic carbocycles. The molecule has 53 valence electrons. The van der Waals surface area contributed by atoms with E-state index in [1.165, 1.54) is 0 Å². The highest BCUT2D eigenvalue weighted by Crippen LogP contribution is 2.18. The molecule has 0 saturated carbocycles. The molecular weight excluding hydrogens is 115 g/mol. The SMILES string of the molecule is CC(C)C(C)(C)O[B]O. The fraction of sp³-hybridized carbons (Fsp3) is 1.00. The highest BCUT2D eigenvalue weighted by molar-refractivity contribution is 6.16. The van der Waals surface area contributed by atoms with E-state index in [0.717, 1.165) is 7.69 Å². The zero-order valence-electron chi connectivity index (χ0n) is 6.51. The van der Waals surface area contributed by atoms with Crippen molar-refractivity contribution in [3.05, 3.63) is 0 Å². The van der Waals surface area contributed by atoms with Gasteiger partial charge in [-0.2, -0.15) is 0 Å². The van der Waals surface area contributed by atoms with Gasteiger partial charge in [-0.05, 0) is 19.8 Å². The minimum atomic E-state index is -0.255. The Morgan fingerprint density at radius 1 is 1.44 bits per heavy atom. The van der Waals surface area contributed by atoms with Crippen molar-refractivity contribution in [2.75, 3.05) is 0 Å². The van der Waals surface area contributed by atoms with Gasteiger partial charge in [0.05, 0.1) is 5.60 Å². The molecule has 0 aliphatic rings. The Balaban J connectivity index is 3.70. The molecule has 0 saturated heterocycles. The Hall–Kier alpha value is -0.0151. The van der Waals surface area contributed by atoms with Crippen LogP contribution in [0.3, 0.4) is 0 Å². The predicted octanol–water partition coefficient (Wildman–Crippen LogP) is 0.964. The van der Waals surface area contributed by atoms with E-state index >= 15 is 0 Å². The fourth-order valence-corrected chi connectivity index (χ4v) is 0.272. The third kappa shape index (κ3) is 2.87. The van der Waals surface area contributed by atoms with E-state index in [2.05, 4.69) is 0 Å².